The molecule has 2 aliphatic rings. The second-order valence-electron chi connectivity index (χ2n) is 18.0. The quantitative estimate of drug-likeness (QED) is 0.0503. The Kier molecular flexibility index (Phi) is 13.6. The first-order chi connectivity index (χ1) is 38.1. The van der Waals surface area contributed by atoms with Crippen molar-refractivity contribution in [2.24, 2.45) is 7.05 Å². The predicted octanol–water partition coefficient (Wildman–Crippen LogP) is 11.3. The molecule has 0 unspecified atom stereocenters. The molecule has 8 bridgehead atoms. The number of halogens is 3. The van der Waals surface area contributed by atoms with Crippen molar-refractivity contribution in [3.8, 4) is 68.5 Å². The largest absolute Gasteiger partial charge is 2.00 e. The Labute approximate surface area is 475 Å². The maximum Gasteiger partial charge on any atom is 2.00 e. The zero-order chi connectivity index (χ0) is 55.0. The molecule has 19 nitrogen and oxygen atoms in total. The molecule has 397 valence electrons. The Morgan fingerprint density at radius 2 is 0.875 bits per heavy atom. The van der Waals surface area contributed by atoms with Crippen LogP contribution >= 0.6 is 34.8 Å². The van der Waals surface area contributed by atoms with Crippen molar-refractivity contribution in [3.63, 3.8) is 0 Å². The van der Waals surface area contributed by atoms with Crippen molar-refractivity contribution in [2.75, 3.05) is 0 Å². The molecular formula is C57H32Cl3CuN8O11+. The summed E-state index contributed by atoms with van der Waals surface area (Å²) >= 11 is 22.0. The SMILES string of the molecule is C[n+]1c2nc3[n-]c(nc4nc(nc5[n-]c(nc1-c1ccccc1-2)c1c(Cl)c(Oc2cc(COc6cc(C(=O)O)cc(C(=O)O)c6)cc(COc6cc(C(=O)O)cc(C(=O)O)c6)c2)c(Cl)c(Cl)c51)-c1ccccc1-4)c1ccccc31.[Cu+2]. The van der Waals surface area contributed by atoms with Gasteiger partial charge < -0.3 is 64.5 Å². The van der Waals surface area contributed by atoms with Gasteiger partial charge in [-0.1, -0.05) is 108 Å². The number of aromatic carboxylic acids is 4. The summed E-state index contributed by atoms with van der Waals surface area (Å²) in [5.41, 5.74) is 3.12. The van der Waals surface area contributed by atoms with Crippen molar-refractivity contribution in [1.82, 2.24) is 34.9 Å². The number of carboxylic acid groups (broad SMARTS) is 4. The van der Waals surface area contributed by atoms with Crippen LogP contribution in [0.2, 0.25) is 15.1 Å². The number of hydrogen-bond donors (Lipinski definition) is 4. The average Bonchev–Trinajstić information content (AvgIpc) is 4.25. The van der Waals surface area contributed by atoms with Crippen molar-refractivity contribution >= 4 is 103 Å². The van der Waals surface area contributed by atoms with Crippen LogP contribution in [0, 0.1) is 0 Å². The summed E-state index contributed by atoms with van der Waals surface area (Å²) in [7, 11) is 1.81. The smallest absolute Gasteiger partial charge is 0.489 e. The molecule has 7 aromatic carbocycles. The summed E-state index contributed by atoms with van der Waals surface area (Å²) in [5, 5.41) is 40.5. The molecular weight excluding hydrogens is 1140 g/mol. The van der Waals surface area contributed by atoms with Crippen LogP contribution in [0.25, 0.3) is 89.7 Å². The van der Waals surface area contributed by atoms with Crippen molar-refractivity contribution in [2.45, 2.75) is 13.2 Å². The molecule has 0 saturated heterocycles. The van der Waals surface area contributed by atoms with Crippen LogP contribution in [0.15, 0.2) is 127 Å². The molecule has 5 heterocycles. The van der Waals surface area contributed by atoms with Crippen LogP contribution in [-0.4, -0.2) is 69.2 Å². The minimum atomic E-state index is -1.39. The van der Waals surface area contributed by atoms with Gasteiger partial charge >= 0.3 is 40.9 Å². The molecule has 1 radical (unpaired) electrons. The Bertz CT molecular complexity index is 4370. The molecule has 0 aliphatic carbocycles. The van der Waals surface area contributed by atoms with Gasteiger partial charge in [0, 0.05) is 55.6 Å². The first kappa shape index (κ1) is 52.6. The minimum Gasteiger partial charge on any atom is -0.489 e. The fourth-order valence-corrected chi connectivity index (χ4v) is 10.2. The number of aromatic nitrogens is 8. The van der Waals surface area contributed by atoms with E-state index in [1.807, 2.05) is 84.4 Å². The van der Waals surface area contributed by atoms with E-state index >= 15 is 0 Å². The van der Waals surface area contributed by atoms with E-state index in [0.717, 1.165) is 52.7 Å². The van der Waals surface area contributed by atoms with Crippen molar-refractivity contribution < 1.29 is 75.5 Å². The number of nitrogens with zero attached hydrogens (tertiary/aromatic N) is 8. The molecule has 0 spiro atoms. The third-order valence-corrected chi connectivity index (χ3v) is 14.1. The minimum absolute atomic E-state index is 0. The van der Waals surface area contributed by atoms with Gasteiger partial charge in [-0.05, 0) is 76.5 Å². The van der Waals surface area contributed by atoms with Gasteiger partial charge in [0.15, 0.2) is 5.75 Å². The summed E-state index contributed by atoms with van der Waals surface area (Å²) in [6, 6.07) is 34.0. The third kappa shape index (κ3) is 9.50. The second-order valence-corrected chi connectivity index (χ2v) is 19.1. The molecule has 12 rings (SSSR count). The Hall–Kier alpha value is -9.43. The van der Waals surface area contributed by atoms with E-state index in [1.165, 1.54) is 12.1 Å². The van der Waals surface area contributed by atoms with E-state index in [1.54, 1.807) is 6.07 Å². The Morgan fingerprint density at radius 3 is 1.36 bits per heavy atom. The molecule has 2 aliphatic heterocycles. The van der Waals surface area contributed by atoms with Crippen LogP contribution in [0.3, 0.4) is 0 Å². The van der Waals surface area contributed by atoms with E-state index in [2.05, 4.69) is 0 Å². The van der Waals surface area contributed by atoms with Gasteiger partial charge in [-0.25, -0.2) is 24.2 Å². The molecule has 0 atom stereocenters. The normalized spacial score (nSPS) is 11.4. The number of fused-ring (bicyclic) bond motifs is 20. The molecule has 0 saturated carbocycles. The molecule has 4 N–H and O–H groups in total. The molecule has 10 aromatic rings. The second kappa shape index (κ2) is 20.7. The van der Waals surface area contributed by atoms with Gasteiger partial charge in [-0.15, -0.1) is 0 Å². The summed E-state index contributed by atoms with van der Waals surface area (Å²) in [6.45, 7) is -0.604. The number of ether oxygens (including phenoxy) is 3. The fraction of sp³-hybridized carbons (Fsp3) is 0.0526. The van der Waals surface area contributed by atoms with Gasteiger partial charge in [0.2, 0.25) is 0 Å². The van der Waals surface area contributed by atoms with Gasteiger partial charge in [-0.3, -0.25) is 4.57 Å². The summed E-state index contributed by atoms with van der Waals surface area (Å²) in [4.78, 5) is 82.9. The van der Waals surface area contributed by atoms with E-state index in [4.69, 9.17) is 83.9 Å². The van der Waals surface area contributed by atoms with Gasteiger partial charge in [-0.2, -0.15) is 0 Å². The topological polar surface area (TPSA) is 273 Å². The molecule has 0 fully saturated rings. The van der Waals surface area contributed by atoms with E-state index < -0.39 is 23.9 Å². The molecule has 80 heavy (non-hydrogen) atoms. The van der Waals surface area contributed by atoms with Gasteiger partial charge in [0.25, 0.3) is 0 Å². The maximum atomic E-state index is 11.9. The Balaban J connectivity index is 0.00000675. The standard InChI is InChI=1S/C57H33Cl3N8O11.Cu/c1-68-52-38-12-6-7-13-39(38)53(68)67-51-41-40(50(65-51)64-48-35-9-3-2-8-34(35)46(62-48)61-47-36-10-4-5-11-37(36)49(63-47)66-52)42(58)44(60)45(43(41)59)79-33-15-25(23-77-31-19-27(54(69)70)17-28(20-31)55(71)72)14-26(16-33)24-78-32-21-29(56(73)74)18-30(22-32)57(75)76;/h2-22H,23-24H2,1H3,(H5,61,62,63,64,65,66,67,69,70,71,72,73,74,75,76);/q;+2/p-1. The van der Waals surface area contributed by atoms with Crippen molar-refractivity contribution in [1.29, 1.82) is 0 Å². The third-order valence-electron chi connectivity index (χ3n) is 12.9. The number of carbonyl (C=O) groups is 4. The van der Waals surface area contributed by atoms with Crippen LogP contribution in [0.1, 0.15) is 52.6 Å². The van der Waals surface area contributed by atoms with Gasteiger partial charge in [0.05, 0.1) is 51.0 Å². The monoisotopic (exact) mass is 1170 g/mol. The molecule has 0 amide bonds. The predicted molar refractivity (Wildman–Crippen MR) is 288 cm³/mol. The maximum absolute atomic E-state index is 11.9. The molecule has 3 aromatic heterocycles. The van der Waals surface area contributed by atoms with Crippen LogP contribution in [-0.2, 0) is 37.3 Å². The summed E-state index contributed by atoms with van der Waals surface area (Å²) in [5.74, 6) is -4.24. The van der Waals surface area contributed by atoms with Crippen LogP contribution in [0.4, 0.5) is 0 Å². The average molecular weight is 1170 g/mol. The van der Waals surface area contributed by atoms with E-state index in [0.29, 0.717) is 56.6 Å². The van der Waals surface area contributed by atoms with E-state index in [9.17, 15) is 39.6 Å². The number of hydrogen-bond acceptors (Lipinski definition) is 12. The summed E-state index contributed by atoms with van der Waals surface area (Å²) in [6.07, 6.45) is 0. The number of rotatable bonds is 12. The number of carboxylic acids is 4. The van der Waals surface area contributed by atoms with Crippen LogP contribution < -0.4 is 28.7 Å². The van der Waals surface area contributed by atoms with Crippen LogP contribution in [0.5, 0.6) is 23.0 Å². The zero-order valence-electron chi connectivity index (χ0n) is 40.7. The Morgan fingerprint density at radius 1 is 0.475 bits per heavy atom. The number of benzene rings is 7. The zero-order valence-corrected chi connectivity index (χ0v) is 43.9. The fourth-order valence-electron chi connectivity index (χ4n) is 9.32. The molecule has 23 heteroatoms. The van der Waals surface area contributed by atoms with Gasteiger partial charge in [0.1, 0.15) is 47.1 Å². The first-order valence-electron chi connectivity index (χ1n) is 23.6. The van der Waals surface area contributed by atoms with Crippen molar-refractivity contribution in [3.05, 3.63) is 176 Å². The van der Waals surface area contributed by atoms with E-state index in [-0.39, 0.29) is 118 Å². The summed E-state index contributed by atoms with van der Waals surface area (Å²) < 4.78 is 20.3. The first-order valence-corrected chi connectivity index (χ1v) is 24.7.